The van der Waals surface area contributed by atoms with Gasteiger partial charge in [0.05, 0.1) is 12.2 Å². The Hall–Kier alpha value is -1.66. The van der Waals surface area contributed by atoms with Gasteiger partial charge in [0.1, 0.15) is 0 Å². The molecule has 2 aliphatic heterocycles. The summed E-state index contributed by atoms with van der Waals surface area (Å²) in [5.41, 5.74) is 0.496. The molecule has 2 fully saturated rings. The first-order valence-electron chi connectivity index (χ1n) is 8.82. The molecule has 2 aliphatic rings. The van der Waals surface area contributed by atoms with Crippen LogP contribution < -0.4 is 5.56 Å². The van der Waals surface area contributed by atoms with Gasteiger partial charge in [-0.25, -0.2) is 0 Å². The second-order valence-electron chi connectivity index (χ2n) is 6.84. The third kappa shape index (κ3) is 3.39. The fraction of sp³-hybridized carbons (Fsp3) is 0.667. The van der Waals surface area contributed by atoms with Crippen LogP contribution in [-0.2, 0) is 11.3 Å². The van der Waals surface area contributed by atoms with Gasteiger partial charge in [0, 0.05) is 44.5 Å². The highest BCUT2D eigenvalue weighted by molar-refractivity contribution is 5.94. The molecule has 2 saturated heterocycles. The molecule has 0 N–H and O–H groups in total. The SMILES string of the molecule is COCCn1cc(C(=O)N2CCC[C@H]2[C@@H]2CCCN2C)ccc1=O. The van der Waals surface area contributed by atoms with Crippen LogP contribution in [0.15, 0.2) is 23.1 Å². The summed E-state index contributed by atoms with van der Waals surface area (Å²) in [5.74, 6) is 0.0453. The van der Waals surface area contributed by atoms with E-state index >= 15 is 0 Å². The molecular weight excluding hydrogens is 306 g/mol. The van der Waals surface area contributed by atoms with Crippen LogP contribution in [0.3, 0.4) is 0 Å². The van der Waals surface area contributed by atoms with Gasteiger partial charge in [-0.2, -0.15) is 0 Å². The Morgan fingerprint density at radius 2 is 1.96 bits per heavy atom. The Labute approximate surface area is 143 Å². The summed E-state index contributed by atoms with van der Waals surface area (Å²) in [7, 11) is 3.76. The number of rotatable bonds is 5. The van der Waals surface area contributed by atoms with Gasteiger partial charge < -0.3 is 19.1 Å². The van der Waals surface area contributed by atoms with Gasteiger partial charge in [0.15, 0.2) is 0 Å². The standard InChI is InChI=1S/C18H27N3O3/c1-19-9-3-5-15(19)16-6-4-10-21(16)18(23)14-7-8-17(22)20(13-14)11-12-24-2/h7-8,13,15-16H,3-6,9-12H2,1-2H3/t15-,16-/m0/s1. The average Bonchev–Trinajstić information content (AvgIpc) is 3.21. The van der Waals surface area contributed by atoms with Gasteiger partial charge in [0.2, 0.25) is 0 Å². The number of nitrogens with zero attached hydrogens (tertiary/aromatic N) is 3. The lowest BCUT2D eigenvalue weighted by Gasteiger charge is -2.33. The molecule has 0 spiro atoms. The van der Waals surface area contributed by atoms with Crippen molar-refractivity contribution in [3.63, 3.8) is 0 Å². The number of hydrogen-bond acceptors (Lipinski definition) is 4. The van der Waals surface area contributed by atoms with E-state index in [1.807, 2.05) is 4.90 Å². The maximum Gasteiger partial charge on any atom is 0.255 e. The monoisotopic (exact) mass is 333 g/mol. The van der Waals surface area contributed by atoms with Crippen LogP contribution in [0.25, 0.3) is 0 Å². The van der Waals surface area contributed by atoms with E-state index in [0.717, 1.165) is 32.4 Å². The molecule has 1 amide bonds. The molecule has 0 bridgehead atoms. The molecule has 132 valence electrons. The van der Waals surface area contributed by atoms with Crippen LogP contribution in [-0.4, -0.2) is 66.2 Å². The van der Waals surface area contributed by atoms with Crippen molar-refractivity contribution in [2.24, 2.45) is 0 Å². The first-order chi connectivity index (χ1) is 11.6. The van der Waals surface area contributed by atoms with Crippen molar-refractivity contribution in [2.75, 3.05) is 33.9 Å². The molecule has 0 aliphatic carbocycles. The van der Waals surface area contributed by atoms with Crippen molar-refractivity contribution in [3.05, 3.63) is 34.2 Å². The van der Waals surface area contributed by atoms with Crippen molar-refractivity contribution >= 4 is 5.91 Å². The smallest absolute Gasteiger partial charge is 0.255 e. The molecule has 0 radical (unpaired) electrons. The molecule has 6 nitrogen and oxygen atoms in total. The number of amides is 1. The van der Waals surface area contributed by atoms with Crippen molar-refractivity contribution in [1.29, 1.82) is 0 Å². The summed E-state index contributed by atoms with van der Waals surface area (Å²) in [6, 6.07) is 3.90. The van der Waals surface area contributed by atoms with Gasteiger partial charge in [0.25, 0.3) is 11.5 Å². The van der Waals surface area contributed by atoms with Crippen LogP contribution in [0.4, 0.5) is 0 Å². The first-order valence-corrected chi connectivity index (χ1v) is 8.82. The van der Waals surface area contributed by atoms with Crippen LogP contribution in [0, 0.1) is 0 Å². The Balaban J connectivity index is 1.79. The Morgan fingerprint density at radius 3 is 2.67 bits per heavy atom. The molecule has 1 aromatic heterocycles. The Morgan fingerprint density at radius 1 is 1.21 bits per heavy atom. The lowest BCUT2D eigenvalue weighted by molar-refractivity contribution is 0.0663. The minimum atomic E-state index is -0.0999. The van der Waals surface area contributed by atoms with E-state index in [2.05, 4.69) is 11.9 Å². The van der Waals surface area contributed by atoms with Crippen molar-refractivity contribution in [2.45, 2.75) is 44.3 Å². The number of likely N-dealkylation sites (tertiary alicyclic amines) is 2. The van der Waals surface area contributed by atoms with E-state index in [-0.39, 0.29) is 11.5 Å². The lowest BCUT2D eigenvalue weighted by atomic mass is 10.0. The predicted molar refractivity (Wildman–Crippen MR) is 92.3 cm³/mol. The van der Waals surface area contributed by atoms with E-state index in [1.54, 1.807) is 23.9 Å². The predicted octanol–water partition coefficient (Wildman–Crippen LogP) is 1.19. The number of carbonyl (C=O) groups is 1. The Bertz CT molecular complexity index is 643. The third-order valence-electron chi connectivity index (χ3n) is 5.35. The topological polar surface area (TPSA) is 54.8 Å². The number of aromatic nitrogens is 1. The summed E-state index contributed by atoms with van der Waals surface area (Å²) in [6.07, 6.45) is 6.19. The zero-order valence-electron chi connectivity index (χ0n) is 14.6. The largest absolute Gasteiger partial charge is 0.383 e. The molecule has 3 heterocycles. The normalized spacial score (nSPS) is 24.7. The number of carbonyl (C=O) groups excluding carboxylic acids is 1. The number of pyridine rings is 1. The highest BCUT2D eigenvalue weighted by atomic mass is 16.5. The third-order valence-corrected chi connectivity index (χ3v) is 5.35. The molecular formula is C18H27N3O3. The van der Waals surface area contributed by atoms with Crippen molar-refractivity contribution < 1.29 is 9.53 Å². The average molecular weight is 333 g/mol. The molecule has 24 heavy (non-hydrogen) atoms. The zero-order chi connectivity index (χ0) is 17.1. The van der Waals surface area contributed by atoms with E-state index in [9.17, 15) is 9.59 Å². The van der Waals surface area contributed by atoms with Crippen LogP contribution in [0.1, 0.15) is 36.0 Å². The van der Waals surface area contributed by atoms with E-state index in [0.29, 0.717) is 30.8 Å². The molecule has 2 atom stereocenters. The summed E-state index contributed by atoms with van der Waals surface area (Å²) in [5, 5.41) is 0. The zero-order valence-corrected chi connectivity index (χ0v) is 14.6. The van der Waals surface area contributed by atoms with Gasteiger partial charge in [-0.1, -0.05) is 0 Å². The summed E-state index contributed by atoms with van der Waals surface area (Å²) >= 11 is 0. The number of methoxy groups -OCH3 is 1. The first kappa shape index (κ1) is 17.2. The second kappa shape index (κ2) is 7.49. The minimum absolute atomic E-state index is 0.0453. The van der Waals surface area contributed by atoms with Crippen LogP contribution in [0.2, 0.25) is 0 Å². The molecule has 6 heteroatoms. The maximum atomic E-state index is 13.0. The fourth-order valence-electron chi connectivity index (χ4n) is 4.05. The quantitative estimate of drug-likeness (QED) is 0.812. The second-order valence-corrected chi connectivity index (χ2v) is 6.84. The van der Waals surface area contributed by atoms with Gasteiger partial charge in [-0.15, -0.1) is 0 Å². The van der Waals surface area contributed by atoms with Gasteiger partial charge in [-0.3, -0.25) is 9.59 Å². The highest BCUT2D eigenvalue weighted by Gasteiger charge is 2.38. The summed E-state index contributed by atoms with van der Waals surface area (Å²) < 4.78 is 6.60. The van der Waals surface area contributed by atoms with Gasteiger partial charge >= 0.3 is 0 Å². The highest BCUT2D eigenvalue weighted by Crippen LogP contribution is 2.30. The molecule has 0 unspecified atom stereocenters. The summed E-state index contributed by atoms with van der Waals surface area (Å²) in [6.45, 7) is 2.85. The number of hydrogen-bond donors (Lipinski definition) is 0. The molecule has 1 aromatic rings. The number of ether oxygens (including phenoxy) is 1. The fourth-order valence-corrected chi connectivity index (χ4v) is 4.05. The van der Waals surface area contributed by atoms with E-state index in [4.69, 9.17) is 4.74 Å². The molecule has 3 rings (SSSR count). The van der Waals surface area contributed by atoms with E-state index in [1.165, 1.54) is 12.5 Å². The minimum Gasteiger partial charge on any atom is -0.383 e. The number of likely N-dealkylation sites (N-methyl/N-ethyl adjacent to an activating group) is 1. The van der Waals surface area contributed by atoms with Crippen molar-refractivity contribution in [3.8, 4) is 0 Å². The molecule has 0 aromatic carbocycles. The Kier molecular flexibility index (Phi) is 5.36. The van der Waals surface area contributed by atoms with E-state index < -0.39 is 0 Å². The van der Waals surface area contributed by atoms with Crippen molar-refractivity contribution in [1.82, 2.24) is 14.4 Å². The van der Waals surface area contributed by atoms with Crippen LogP contribution in [0.5, 0.6) is 0 Å². The van der Waals surface area contributed by atoms with Gasteiger partial charge in [-0.05, 0) is 45.3 Å². The van der Waals surface area contributed by atoms with Crippen LogP contribution >= 0.6 is 0 Å². The summed E-state index contributed by atoms with van der Waals surface area (Å²) in [4.78, 5) is 29.3. The maximum absolute atomic E-state index is 13.0. The molecule has 0 saturated carbocycles. The lowest BCUT2D eigenvalue weighted by Crippen LogP contribution is -2.47.